The molecular weight excluding hydrogens is 188 g/mol. The number of Topliss-reactive ketones (excluding diaryl/α,β-unsaturated/α-hetero) is 1. The van der Waals surface area contributed by atoms with Crippen LogP contribution in [0.25, 0.3) is 6.08 Å². The molecule has 15 heavy (non-hydrogen) atoms. The van der Waals surface area contributed by atoms with Gasteiger partial charge >= 0.3 is 0 Å². The normalized spacial score (nSPS) is 11.3. The molecule has 0 saturated carbocycles. The Labute approximate surface area is 90.6 Å². The molecule has 0 spiro atoms. The highest BCUT2D eigenvalue weighted by Crippen LogP contribution is 2.20. The first-order chi connectivity index (χ1) is 7.19. The minimum Gasteiger partial charge on any atom is -0.496 e. The van der Waals surface area contributed by atoms with Crippen molar-refractivity contribution in [1.29, 1.82) is 0 Å². The maximum absolute atomic E-state index is 11.4. The van der Waals surface area contributed by atoms with Crippen molar-refractivity contribution < 1.29 is 9.53 Å². The fourth-order valence-corrected chi connectivity index (χ4v) is 1.38. The van der Waals surface area contributed by atoms with Crippen molar-refractivity contribution in [3.63, 3.8) is 0 Å². The van der Waals surface area contributed by atoms with Crippen LogP contribution in [0.4, 0.5) is 0 Å². The van der Waals surface area contributed by atoms with Gasteiger partial charge in [0.2, 0.25) is 0 Å². The minimum atomic E-state index is 0.168. The second-order valence-electron chi connectivity index (χ2n) is 3.35. The van der Waals surface area contributed by atoms with Gasteiger partial charge in [-0.1, -0.05) is 25.1 Å². The van der Waals surface area contributed by atoms with E-state index in [0.29, 0.717) is 6.42 Å². The van der Waals surface area contributed by atoms with Gasteiger partial charge in [0.05, 0.1) is 7.11 Å². The van der Waals surface area contributed by atoms with Crippen LogP contribution in [0.2, 0.25) is 0 Å². The van der Waals surface area contributed by atoms with Gasteiger partial charge in [0.15, 0.2) is 5.78 Å². The van der Waals surface area contributed by atoms with E-state index in [1.807, 2.05) is 44.2 Å². The van der Waals surface area contributed by atoms with Crippen LogP contribution in [0.1, 0.15) is 25.8 Å². The Kier molecular flexibility index (Phi) is 4.10. The molecule has 0 aliphatic heterocycles. The summed E-state index contributed by atoms with van der Waals surface area (Å²) in [6, 6.07) is 7.66. The highest BCUT2D eigenvalue weighted by Gasteiger charge is 2.03. The average Bonchev–Trinajstić information content (AvgIpc) is 2.28. The third kappa shape index (κ3) is 2.94. The fourth-order valence-electron chi connectivity index (χ4n) is 1.38. The van der Waals surface area contributed by atoms with Gasteiger partial charge in [-0.15, -0.1) is 0 Å². The molecule has 0 bridgehead atoms. The van der Waals surface area contributed by atoms with Crippen molar-refractivity contribution in [2.75, 3.05) is 7.11 Å². The third-order valence-corrected chi connectivity index (χ3v) is 2.27. The number of para-hydroxylation sites is 1. The summed E-state index contributed by atoms with van der Waals surface area (Å²) in [7, 11) is 1.63. The van der Waals surface area contributed by atoms with Gasteiger partial charge in [-0.05, 0) is 24.6 Å². The molecule has 2 nitrogen and oxygen atoms in total. The fraction of sp³-hybridized carbons (Fsp3) is 0.308. The molecule has 0 heterocycles. The first-order valence-electron chi connectivity index (χ1n) is 5.03. The Morgan fingerprint density at radius 2 is 2.07 bits per heavy atom. The number of hydrogen-bond acceptors (Lipinski definition) is 2. The molecule has 1 aromatic carbocycles. The van der Waals surface area contributed by atoms with Gasteiger partial charge in [-0.25, -0.2) is 0 Å². The lowest BCUT2D eigenvalue weighted by Gasteiger charge is -2.04. The van der Waals surface area contributed by atoms with E-state index >= 15 is 0 Å². The molecule has 0 atom stereocenters. The van der Waals surface area contributed by atoms with Crippen molar-refractivity contribution in [2.45, 2.75) is 20.3 Å². The first-order valence-corrected chi connectivity index (χ1v) is 5.03. The van der Waals surface area contributed by atoms with Gasteiger partial charge in [-0.2, -0.15) is 0 Å². The van der Waals surface area contributed by atoms with Crippen LogP contribution in [0.3, 0.4) is 0 Å². The zero-order valence-electron chi connectivity index (χ0n) is 9.41. The van der Waals surface area contributed by atoms with Crippen LogP contribution >= 0.6 is 0 Å². The number of ether oxygens (including phenoxy) is 1. The second kappa shape index (κ2) is 5.35. The number of carbonyl (C=O) groups excluding carboxylic acids is 1. The van der Waals surface area contributed by atoms with Crippen LogP contribution in [-0.4, -0.2) is 12.9 Å². The van der Waals surface area contributed by atoms with E-state index in [-0.39, 0.29) is 5.78 Å². The van der Waals surface area contributed by atoms with Crippen molar-refractivity contribution >= 4 is 11.9 Å². The molecule has 0 amide bonds. The molecule has 80 valence electrons. The van der Waals surface area contributed by atoms with Crippen LogP contribution in [0, 0.1) is 0 Å². The molecule has 0 saturated heterocycles. The summed E-state index contributed by atoms with van der Waals surface area (Å²) in [5.41, 5.74) is 1.71. The highest BCUT2D eigenvalue weighted by molar-refractivity contribution is 5.98. The van der Waals surface area contributed by atoms with E-state index in [1.54, 1.807) is 7.11 Å². The second-order valence-corrected chi connectivity index (χ2v) is 3.35. The molecule has 2 heteroatoms. The zero-order chi connectivity index (χ0) is 11.3. The van der Waals surface area contributed by atoms with Crippen LogP contribution < -0.4 is 4.74 Å². The van der Waals surface area contributed by atoms with Crippen LogP contribution in [-0.2, 0) is 4.79 Å². The van der Waals surface area contributed by atoms with E-state index in [4.69, 9.17) is 4.74 Å². The Bertz CT molecular complexity index is 378. The largest absolute Gasteiger partial charge is 0.496 e. The molecule has 0 aliphatic carbocycles. The summed E-state index contributed by atoms with van der Waals surface area (Å²) < 4.78 is 5.20. The van der Waals surface area contributed by atoms with Crippen LogP contribution in [0.5, 0.6) is 5.75 Å². The highest BCUT2D eigenvalue weighted by atomic mass is 16.5. The molecule has 0 radical (unpaired) electrons. The lowest BCUT2D eigenvalue weighted by Crippen LogP contribution is -1.96. The Morgan fingerprint density at radius 1 is 1.40 bits per heavy atom. The van der Waals surface area contributed by atoms with Gasteiger partial charge in [-0.3, -0.25) is 4.79 Å². The summed E-state index contributed by atoms with van der Waals surface area (Å²) in [5.74, 6) is 0.960. The number of carbonyl (C=O) groups is 1. The Hall–Kier alpha value is -1.57. The molecule has 0 fully saturated rings. The van der Waals surface area contributed by atoms with Crippen molar-refractivity contribution in [2.24, 2.45) is 0 Å². The zero-order valence-corrected chi connectivity index (χ0v) is 9.41. The molecule has 1 rings (SSSR count). The van der Waals surface area contributed by atoms with Gasteiger partial charge in [0.1, 0.15) is 5.75 Å². The predicted octanol–water partition coefficient (Wildman–Crippen LogP) is 3.08. The maximum atomic E-state index is 11.4. The molecule has 0 N–H and O–H groups in total. The Balaban J connectivity index is 3.02. The van der Waals surface area contributed by atoms with Crippen molar-refractivity contribution in [1.82, 2.24) is 0 Å². The van der Waals surface area contributed by atoms with E-state index < -0.39 is 0 Å². The monoisotopic (exact) mass is 204 g/mol. The van der Waals surface area contributed by atoms with Gasteiger partial charge in [0, 0.05) is 12.0 Å². The van der Waals surface area contributed by atoms with Crippen molar-refractivity contribution in [3.8, 4) is 5.75 Å². The average molecular weight is 204 g/mol. The summed E-state index contributed by atoms with van der Waals surface area (Å²) >= 11 is 0. The van der Waals surface area contributed by atoms with E-state index in [2.05, 4.69) is 0 Å². The predicted molar refractivity (Wildman–Crippen MR) is 61.9 cm³/mol. The third-order valence-electron chi connectivity index (χ3n) is 2.27. The van der Waals surface area contributed by atoms with Gasteiger partial charge in [0.25, 0.3) is 0 Å². The van der Waals surface area contributed by atoms with E-state index in [1.165, 1.54) is 0 Å². The van der Waals surface area contributed by atoms with Crippen molar-refractivity contribution in [3.05, 3.63) is 35.4 Å². The number of allylic oxidation sites excluding steroid dienone is 1. The maximum Gasteiger partial charge on any atom is 0.158 e. The molecule has 0 aromatic heterocycles. The summed E-state index contributed by atoms with van der Waals surface area (Å²) in [5, 5.41) is 0. The van der Waals surface area contributed by atoms with E-state index in [0.717, 1.165) is 16.9 Å². The summed E-state index contributed by atoms with van der Waals surface area (Å²) in [6.07, 6.45) is 2.40. The standard InChI is InChI=1S/C13H16O2/c1-4-12(14)10(2)9-11-7-5-6-8-13(11)15-3/h5-9H,4H2,1-3H3/b10-9+. The van der Waals surface area contributed by atoms with E-state index in [9.17, 15) is 4.79 Å². The summed E-state index contributed by atoms with van der Waals surface area (Å²) in [6.45, 7) is 3.69. The first kappa shape index (κ1) is 11.5. The Morgan fingerprint density at radius 3 is 2.67 bits per heavy atom. The number of benzene rings is 1. The molecular formula is C13H16O2. The lowest BCUT2D eigenvalue weighted by atomic mass is 10.1. The SMILES string of the molecule is CCC(=O)/C(C)=C/c1ccccc1OC. The molecule has 0 unspecified atom stereocenters. The topological polar surface area (TPSA) is 26.3 Å². The molecule has 0 aliphatic rings. The summed E-state index contributed by atoms with van der Waals surface area (Å²) in [4.78, 5) is 11.4. The number of methoxy groups -OCH3 is 1. The van der Waals surface area contributed by atoms with Crippen LogP contribution in [0.15, 0.2) is 29.8 Å². The lowest BCUT2D eigenvalue weighted by molar-refractivity contribution is -0.115. The number of rotatable bonds is 4. The smallest absolute Gasteiger partial charge is 0.158 e. The van der Waals surface area contributed by atoms with Gasteiger partial charge < -0.3 is 4.74 Å². The minimum absolute atomic E-state index is 0.168. The number of ketones is 1. The number of hydrogen-bond donors (Lipinski definition) is 0. The quantitative estimate of drug-likeness (QED) is 0.704. The molecule has 1 aromatic rings.